The Bertz CT molecular complexity index is 507. The molecule has 0 aliphatic carbocycles. The first kappa shape index (κ1) is 14.8. The quantitative estimate of drug-likeness (QED) is 0.819. The molecule has 2 nitrogen and oxygen atoms in total. The van der Waals surface area contributed by atoms with Crippen LogP contribution >= 0.6 is 11.3 Å². The molecule has 0 bridgehead atoms. The molecule has 1 N–H and O–H groups in total. The molecule has 0 saturated carbocycles. The van der Waals surface area contributed by atoms with E-state index in [-0.39, 0.29) is 5.91 Å². The fourth-order valence-electron chi connectivity index (χ4n) is 2.13. The van der Waals surface area contributed by atoms with Crippen molar-refractivity contribution in [2.45, 2.75) is 32.1 Å². The van der Waals surface area contributed by atoms with E-state index in [0.717, 1.165) is 12.8 Å². The number of hydrogen-bond donors (Lipinski definition) is 1. The smallest absolute Gasteiger partial charge is 0.220 e. The maximum atomic E-state index is 11.8. The Morgan fingerprint density at radius 1 is 1.20 bits per heavy atom. The molecule has 2 rings (SSSR count). The van der Waals surface area contributed by atoms with Crippen molar-refractivity contribution in [3.8, 4) is 0 Å². The molecule has 1 aromatic heterocycles. The lowest BCUT2D eigenvalue weighted by atomic mass is 10.0. The van der Waals surface area contributed by atoms with Gasteiger partial charge in [0.2, 0.25) is 5.91 Å². The number of aryl methyl sites for hydroxylation is 1. The lowest BCUT2D eigenvalue weighted by Crippen LogP contribution is -2.27. The molecular weight excluding hydrogens is 266 g/mol. The van der Waals surface area contributed by atoms with Crippen LogP contribution in [-0.2, 0) is 11.2 Å². The van der Waals surface area contributed by atoms with Gasteiger partial charge in [-0.3, -0.25) is 4.79 Å². The maximum absolute atomic E-state index is 11.8. The fraction of sp³-hybridized carbons (Fsp3) is 0.353. The van der Waals surface area contributed by atoms with Gasteiger partial charge in [0.25, 0.3) is 0 Å². The molecule has 0 aliphatic heterocycles. The molecule has 0 spiro atoms. The summed E-state index contributed by atoms with van der Waals surface area (Å²) in [6.45, 7) is 2.85. The standard InChI is InChI=1S/C17H21NOS/c1-14(15-7-3-2-4-8-15)13-18-17(19)11-5-9-16-10-6-12-20-16/h2-4,6-8,10,12,14H,5,9,11,13H2,1H3,(H,18,19). The van der Waals surface area contributed by atoms with E-state index in [0.29, 0.717) is 18.9 Å². The van der Waals surface area contributed by atoms with E-state index in [2.05, 4.69) is 41.9 Å². The predicted octanol–water partition coefficient (Wildman–Crippen LogP) is 3.99. The lowest BCUT2D eigenvalue weighted by molar-refractivity contribution is -0.121. The van der Waals surface area contributed by atoms with Gasteiger partial charge in [-0.1, -0.05) is 43.3 Å². The minimum atomic E-state index is 0.157. The van der Waals surface area contributed by atoms with Gasteiger partial charge in [-0.15, -0.1) is 11.3 Å². The molecule has 0 aliphatic rings. The summed E-state index contributed by atoms with van der Waals surface area (Å²) >= 11 is 1.76. The highest BCUT2D eigenvalue weighted by Gasteiger charge is 2.07. The highest BCUT2D eigenvalue weighted by Crippen LogP contribution is 2.14. The zero-order valence-electron chi connectivity index (χ0n) is 11.8. The molecule has 1 unspecified atom stereocenters. The van der Waals surface area contributed by atoms with Crippen molar-refractivity contribution < 1.29 is 4.79 Å². The molecule has 3 heteroatoms. The van der Waals surface area contributed by atoms with E-state index in [1.54, 1.807) is 11.3 Å². The fourth-order valence-corrected chi connectivity index (χ4v) is 2.88. The summed E-state index contributed by atoms with van der Waals surface area (Å²) in [6.07, 6.45) is 2.53. The number of carbonyl (C=O) groups excluding carboxylic acids is 1. The third-order valence-corrected chi connectivity index (χ3v) is 4.32. The molecule has 1 amide bonds. The number of benzene rings is 1. The number of hydrogen-bond acceptors (Lipinski definition) is 2. The number of rotatable bonds is 7. The summed E-state index contributed by atoms with van der Waals surface area (Å²) in [5.41, 5.74) is 1.27. The molecule has 106 valence electrons. The van der Waals surface area contributed by atoms with Crippen LogP contribution in [0, 0.1) is 0 Å². The Labute approximate surface area is 124 Å². The van der Waals surface area contributed by atoms with Gasteiger partial charge in [-0.25, -0.2) is 0 Å². The Morgan fingerprint density at radius 3 is 2.70 bits per heavy atom. The van der Waals surface area contributed by atoms with Crippen LogP contribution in [0.15, 0.2) is 47.8 Å². The molecule has 2 aromatic rings. The number of nitrogens with one attached hydrogen (secondary N) is 1. The Morgan fingerprint density at radius 2 is 2.00 bits per heavy atom. The summed E-state index contributed by atoms with van der Waals surface area (Å²) in [5.74, 6) is 0.516. The summed E-state index contributed by atoms with van der Waals surface area (Å²) in [5, 5.41) is 5.11. The van der Waals surface area contributed by atoms with Crippen LogP contribution in [0.3, 0.4) is 0 Å². The molecule has 0 saturated heterocycles. The van der Waals surface area contributed by atoms with Crippen molar-refractivity contribution >= 4 is 17.2 Å². The number of amides is 1. The highest BCUT2D eigenvalue weighted by atomic mass is 32.1. The van der Waals surface area contributed by atoms with Gasteiger partial charge >= 0.3 is 0 Å². The van der Waals surface area contributed by atoms with Gasteiger partial charge in [-0.2, -0.15) is 0 Å². The summed E-state index contributed by atoms with van der Waals surface area (Å²) in [4.78, 5) is 13.2. The third kappa shape index (κ3) is 4.82. The summed E-state index contributed by atoms with van der Waals surface area (Å²) in [7, 11) is 0. The van der Waals surface area contributed by atoms with Crippen molar-refractivity contribution in [2.75, 3.05) is 6.54 Å². The average molecular weight is 287 g/mol. The first-order valence-electron chi connectivity index (χ1n) is 7.09. The monoisotopic (exact) mass is 287 g/mol. The molecule has 1 heterocycles. The van der Waals surface area contributed by atoms with Crippen molar-refractivity contribution in [3.63, 3.8) is 0 Å². The van der Waals surface area contributed by atoms with E-state index in [9.17, 15) is 4.79 Å². The highest BCUT2D eigenvalue weighted by molar-refractivity contribution is 7.09. The van der Waals surface area contributed by atoms with E-state index >= 15 is 0 Å². The van der Waals surface area contributed by atoms with Gasteiger partial charge in [0.05, 0.1) is 0 Å². The van der Waals surface area contributed by atoms with Crippen LogP contribution < -0.4 is 5.32 Å². The molecule has 0 radical (unpaired) electrons. The van der Waals surface area contributed by atoms with E-state index in [1.807, 2.05) is 18.2 Å². The largest absolute Gasteiger partial charge is 0.356 e. The number of carbonyl (C=O) groups is 1. The van der Waals surface area contributed by atoms with E-state index < -0.39 is 0 Å². The Balaban J connectivity index is 1.65. The first-order valence-corrected chi connectivity index (χ1v) is 7.97. The van der Waals surface area contributed by atoms with Gasteiger partial charge in [0.15, 0.2) is 0 Å². The van der Waals surface area contributed by atoms with Crippen LogP contribution in [0.5, 0.6) is 0 Å². The SMILES string of the molecule is CC(CNC(=O)CCCc1cccs1)c1ccccc1. The minimum Gasteiger partial charge on any atom is -0.356 e. The van der Waals surface area contributed by atoms with Crippen molar-refractivity contribution in [1.82, 2.24) is 5.32 Å². The van der Waals surface area contributed by atoms with Gasteiger partial charge in [0.1, 0.15) is 0 Å². The second-order valence-electron chi connectivity index (χ2n) is 5.05. The average Bonchev–Trinajstić information content (AvgIpc) is 2.99. The topological polar surface area (TPSA) is 29.1 Å². The van der Waals surface area contributed by atoms with Crippen LogP contribution in [0.1, 0.15) is 36.1 Å². The van der Waals surface area contributed by atoms with E-state index in [4.69, 9.17) is 0 Å². The summed E-state index contributed by atoms with van der Waals surface area (Å²) < 4.78 is 0. The number of thiophene rings is 1. The van der Waals surface area contributed by atoms with Crippen LogP contribution in [-0.4, -0.2) is 12.5 Å². The van der Waals surface area contributed by atoms with Crippen LogP contribution in [0.25, 0.3) is 0 Å². The predicted molar refractivity (Wildman–Crippen MR) is 85.1 cm³/mol. The lowest BCUT2D eigenvalue weighted by Gasteiger charge is -2.13. The van der Waals surface area contributed by atoms with Crippen molar-refractivity contribution in [3.05, 3.63) is 58.3 Å². The van der Waals surface area contributed by atoms with Gasteiger partial charge in [-0.05, 0) is 35.8 Å². The maximum Gasteiger partial charge on any atom is 0.220 e. The summed E-state index contributed by atoms with van der Waals surface area (Å²) in [6, 6.07) is 14.5. The van der Waals surface area contributed by atoms with Gasteiger partial charge in [0, 0.05) is 17.8 Å². The normalized spacial score (nSPS) is 12.1. The van der Waals surface area contributed by atoms with Crippen molar-refractivity contribution in [1.29, 1.82) is 0 Å². The first-order chi connectivity index (χ1) is 9.75. The molecular formula is C17H21NOS. The van der Waals surface area contributed by atoms with Crippen LogP contribution in [0.2, 0.25) is 0 Å². The second kappa shape index (κ2) is 7.85. The molecule has 1 atom stereocenters. The van der Waals surface area contributed by atoms with E-state index in [1.165, 1.54) is 10.4 Å². The minimum absolute atomic E-state index is 0.157. The Kier molecular flexibility index (Phi) is 5.81. The second-order valence-corrected chi connectivity index (χ2v) is 6.08. The Hall–Kier alpha value is -1.61. The molecule has 0 fully saturated rings. The van der Waals surface area contributed by atoms with Crippen LogP contribution in [0.4, 0.5) is 0 Å². The van der Waals surface area contributed by atoms with Crippen molar-refractivity contribution in [2.24, 2.45) is 0 Å². The molecule has 1 aromatic carbocycles. The zero-order valence-corrected chi connectivity index (χ0v) is 12.7. The van der Waals surface area contributed by atoms with Gasteiger partial charge < -0.3 is 5.32 Å². The third-order valence-electron chi connectivity index (χ3n) is 3.38. The zero-order chi connectivity index (χ0) is 14.2. The molecule has 20 heavy (non-hydrogen) atoms.